The van der Waals surface area contributed by atoms with Gasteiger partial charge in [0.1, 0.15) is 11.6 Å². The molecule has 1 saturated heterocycles. The molecule has 5 rings (SSSR count). The molecule has 2 aromatic heterocycles. The molecular formula is C19H24N6. The average Bonchev–Trinajstić information content (AvgIpc) is 3.54. The molecule has 3 aliphatic rings. The Labute approximate surface area is 148 Å². The average molecular weight is 336 g/mol. The van der Waals surface area contributed by atoms with Crippen molar-refractivity contribution in [2.45, 2.75) is 44.4 Å². The molecule has 0 N–H and O–H groups in total. The molecule has 3 heterocycles. The second-order valence-electron chi connectivity index (χ2n) is 7.56. The van der Waals surface area contributed by atoms with Crippen LogP contribution in [0.2, 0.25) is 0 Å². The maximum Gasteiger partial charge on any atom is 0.151 e. The summed E-state index contributed by atoms with van der Waals surface area (Å²) in [4.78, 5) is 14.1. The van der Waals surface area contributed by atoms with Gasteiger partial charge < -0.3 is 9.80 Å². The van der Waals surface area contributed by atoms with E-state index >= 15 is 0 Å². The van der Waals surface area contributed by atoms with E-state index in [0.717, 1.165) is 55.0 Å². The van der Waals surface area contributed by atoms with E-state index in [1.54, 1.807) is 0 Å². The molecule has 2 aromatic rings. The van der Waals surface area contributed by atoms with Crippen molar-refractivity contribution in [1.82, 2.24) is 20.2 Å². The Morgan fingerprint density at radius 1 is 0.800 bits per heavy atom. The number of hydrogen-bond acceptors (Lipinski definition) is 6. The fourth-order valence-corrected chi connectivity index (χ4v) is 3.53. The third kappa shape index (κ3) is 3.17. The summed E-state index contributed by atoms with van der Waals surface area (Å²) >= 11 is 0. The summed E-state index contributed by atoms with van der Waals surface area (Å²) in [5, 5.41) is 8.87. The van der Waals surface area contributed by atoms with Gasteiger partial charge in [0.05, 0.1) is 5.69 Å². The number of hydrogen-bond donors (Lipinski definition) is 0. The maximum atomic E-state index is 4.82. The fraction of sp³-hybridized carbons (Fsp3) is 0.579. The highest BCUT2D eigenvalue weighted by Crippen LogP contribution is 2.39. The summed E-state index contributed by atoms with van der Waals surface area (Å²) in [6, 6.07) is 6.41. The second kappa shape index (κ2) is 5.93. The van der Waals surface area contributed by atoms with E-state index < -0.39 is 0 Å². The van der Waals surface area contributed by atoms with Gasteiger partial charge >= 0.3 is 0 Å². The van der Waals surface area contributed by atoms with Crippen LogP contribution in [0.4, 0.5) is 11.6 Å². The number of aryl methyl sites for hydroxylation is 1. The molecule has 0 amide bonds. The minimum atomic E-state index is 0.597. The summed E-state index contributed by atoms with van der Waals surface area (Å²) in [5.41, 5.74) is 2.24. The Morgan fingerprint density at radius 3 is 2.08 bits per heavy atom. The zero-order valence-corrected chi connectivity index (χ0v) is 14.7. The van der Waals surface area contributed by atoms with Crippen molar-refractivity contribution >= 4 is 11.6 Å². The van der Waals surface area contributed by atoms with Crippen LogP contribution >= 0.6 is 0 Å². The first-order valence-corrected chi connectivity index (χ1v) is 9.45. The lowest BCUT2D eigenvalue weighted by Gasteiger charge is -2.36. The van der Waals surface area contributed by atoms with Crippen molar-refractivity contribution in [2.75, 3.05) is 36.0 Å². The summed E-state index contributed by atoms with van der Waals surface area (Å²) in [7, 11) is 0. The predicted octanol–water partition coefficient (Wildman–Crippen LogP) is 2.66. The van der Waals surface area contributed by atoms with Crippen molar-refractivity contribution in [2.24, 2.45) is 0 Å². The Kier molecular flexibility index (Phi) is 3.57. The lowest BCUT2D eigenvalue weighted by Crippen LogP contribution is -2.47. The Hall–Kier alpha value is -2.24. The molecule has 0 bridgehead atoms. The molecule has 0 radical (unpaired) electrons. The van der Waals surface area contributed by atoms with Gasteiger partial charge in [-0.05, 0) is 44.7 Å². The molecule has 0 atom stereocenters. The lowest BCUT2D eigenvalue weighted by atomic mass is 10.2. The molecule has 3 fully saturated rings. The van der Waals surface area contributed by atoms with Gasteiger partial charge in [-0.2, -0.15) is 5.10 Å². The van der Waals surface area contributed by atoms with Gasteiger partial charge in [-0.15, -0.1) is 5.10 Å². The molecule has 25 heavy (non-hydrogen) atoms. The molecule has 1 aliphatic heterocycles. The van der Waals surface area contributed by atoms with Gasteiger partial charge in [-0.25, -0.2) is 9.97 Å². The highest BCUT2D eigenvalue weighted by atomic mass is 15.3. The zero-order chi connectivity index (χ0) is 16.8. The SMILES string of the molecule is Cc1cc(N2CCN(c3ccc(C4CC4)nn3)CC2)nc(C2CC2)n1. The Balaban J connectivity index is 1.26. The largest absolute Gasteiger partial charge is 0.353 e. The normalized spacial score (nSPS) is 20.8. The topological polar surface area (TPSA) is 58.0 Å². The van der Waals surface area contributed by atoms with Gasteiger partial charge in [-0.3, -0.25) is 0 Å². The minimum Gasteiger partial charge on any atom is -0.353 e. The van der Waals surface area contributed by atoms with E-state index in [1.807, 2.05) is 0 Å². The zero-order valence-electron chi connectivity index (χ0n) is 14.7. The minimum absolute atomic E-state index is 0.597. The number of nitrogens with zero attached hydrogens (tertiary/aromatic N) is 6. The van der Waals surface area contributed by atoms with Gasteiger partial charge in [0.2, 0.25) is 0 Å². The Bertz CT molecular complexity index is 758. The van der Waals surface area contributed by atoms with E-state index in [9.17, 15) is 0 Å². The van der Waals surface area contributed by atoms with Crippen LogP contribution in [0, 0.1) is 6.92 Å². The molecule has 6 heteroatoms. The molecule has 0 aromatic carbocycles. The van der Waals surface area contributed by atoms with E-state index in [2.05, 4.69) is 50.1 Å². The number of piperazine rings is 1. The number of aromatic nitrogens is 4. The molecule has 2 saturated carbocycles. The maximum absolute atomic E-state index is 4.82. The van der Waals surface area contributed by atoms with Crippen LogP contribution in [0.3, 0.4) is 0 Å². The van der Waals surface area contributed by atoms with Gasteiger partial charge in [0.25, 0.3) is 0 Å². The molecule has 0 unspecified atom stereocenters. The van der Waals surface area contributed by atoms with E-state index in [-0.39, 0.29) is 0 Å². The van der Waals surface area contributed by atoms with Crippen molar-refractivity contribution in [3.63, 3.8) is 0 Å². The fourth-order valence-electron chi connectivity index (χ4n) is 3.53. The van der Waals surface area contributed by atoms with Crippen LogP contribution in [0.5, 0.6) is 0 Å². The molecular weight excluding hydrogens is 312 g/mol. The predicted molar refractivity (Wildman–Crippen MR) is 97.2 cm³/mol. The van der Waals surface area contributed by atoms with Crippen LogP contribution < -0.4 is 9.80 Å². The van der Waals surface area contributed by atoms with Gasteiger partial charge in [-0.1, -0.05) is 0 Å². The molecule has 130 valence electrons. The number of anilines is 2. The second-order valence-corrected chi connectivity index (χ2v) is 7.56. The third-order valence-corrected chi connectivity index (χ3v) is 5.39. The lowest BCUT2D eigenvalue weighted by molar-refractivity contribution is 0.634. The summed E-state index contributed by atoms with van der Waals surface area (Å²) in [6.45, 7) is 5.92. The van der Waals surface area contributed by atoms with Crippen LogP contribution in [0.15, 0.2) is 18.2 Å². The van der Waals surface area contributed by atoms with Crippen molar-refractivity contribution < 1.29 is 0 Å². The van der Waals surface area contributed by atoms with Gasteiger partial charge in [0.15, 0.2) is 5.82 Å². The molecule has 2 aliphatic carbocycles. The first kappa shape index (κ1) is 15.0. The van der Waals surface area contributed by atoms with E-state index in [1.165, 1.54) is 25.7 Å². The highest BCUT2D eigenvalue weighted by Gasteiger charge is 2.29. The Morgan fingerprint density at radius 2 is 1.48 bits per heavy atom. The van der Waals surface area contributed by atoms with Crippen LogP contribution in [0.1, 0.15) is 54.7 Å². The van der Waals surface area contributed by atoms with E-state index in [0.29, 0.717) is 11.8 Å². The van der Waals surface area contributed by atoms with Crippen LogP contribution in [0.25, 0.3) is 0 Å². The summed E-state index contributed by atoms with van der Waals surface area (Å²) in [6.07, 6.45) is 5.03. The first-order valence-electron chi connectivity index (χ1n) is 9.45. The molecule has 0 spiro atoms. The number of rotatable bonds is 4. The van der Waals surface area contributed by atoms with Gasteiger partial charge in [0, 0.05) is 49.8 Å². The smallest absolute Gasteiger partial charge is 0.151 e. The van der Waals surface area contributed by atoms with Crippen molar-refractivity contribution in [1.29, 1.82) is 0 Å². The third-order valence-electron chi connectivity index (χ3n) is 5.39. The van der Waals surface area contributed by atoms with Crippen LogP contribution in [-0.4, -0.2) is 46.3 Å². The standard InChI is InChI=1S/C19H24N6/c1-13-12-18(21-19(20-13)15-4-5-15)25-10-8-24(9-11-25)17-7-6-16(22-23-17)14-2-3-14/h6-7,12,14-15H,2-5,8-11H2,1H3. The quantitative estimate of drug-likeness (QED) is 0.855. The summed E-state index contributed by atoms with van der Waals surface area (Å²) in [5.74, 6) is 4.39. The first-order chi connectivity index (χ1) is 12.3. The monoisotopic (exact) mass is 336 g/mol. The molecule has 6 nitrogen and oxygen atoms in total. The van der Waals surface area contributed by atoms with Crippen LogP contribution in [-0.2, 0) is 0 Å². The highest BCUT2D eigenvalue weighted by molar-refractivity contribution is 5.45. The van der Waals surface area contributed by atoms with Crippen molar-refractivity contribution in [3.8, 4) is 0 Å². The van der Waals surface area contributed by atoms with E-state index in [4.69, 9.17) is 4.98 Å². The van der Waals surface area contributed by atoms with Crippen molar-refractivity contribution in [3.05, 3.63) is 35.4 Å². The summed E-state index contributed by atoms with van der Waals surface area (Å²) < 4.78 is 0.